The zero-order chi connectivity index (χ0) is 15.0. The Morgan fingerprint density at radius 1 is 1.19 bits per heavy atom. The van der Waals surface area contributed by atoms with E-state index >= 15 is 0 Å². The third-order valence-corrected chi connectivity index (χ3v) is 5.54. The fourth-order valence-electron chi connectivity index (χ4n) is 3.07. The van der Waals surface area contributed by atoms with Gasteiger partial charge in [-0.25, -0.2) is 13.6 Å². The summed E-state index contributed by atoms with van der Waals surface area (Å²) in [5.74, 6) is -6.54. The van der Waals surface area contributed by atoms with E-state index < -0.39 is 31.6 Å². The summed E-state index contributed by atoms with van der Waals surface area (Å²) in [6, 6.07) is 6.48. The molecule has 1 aromatic carbocycles. The molecule has 1 aliphatic carbocycles. The van der Waals surface area contributed by atoms with Gasteiger partial charge in [-0.1, -0.05) is 24.3 Å². The number of aliphatic hydroxyl groups is 3. The van der Waals surface area contributed by atoms with Gasteiger partial charge in [0.05, 0.1) is 5.92 Å². The maximum atomic E-state index is 12.0. The second-order valence-corrected chi connectivity index (χ2v) is 6.72. The second kappa shape index (κ2) is 3.80. The molecule has 2 heterocycles. The van der Waals surface area contributed by atoms with Crippen LogP contribution in [0.3, 0.4) is 0 Å². The molecule has 0 radical (unpaired) electrons. The van der Waals surface area contributed by atoms with Gasteiger partial charge in [0.25, 0.3) is 5.79 Å². The van der Waals surface area contributed by atoms with Crippen LogP contribution in [0.4, 0.5) is 0 Å². The number of fused-ring (bicyclic) bond motifs is 3. The van der Waals surface area contributed by atoms with Crippen molar-refractivity contribution in [3.8, 4) is 0 Å². The third kappa shape index (κ3) is 1.50. The summed E-state index contributed by atoms with van der Waals surface area (Å²) >= 11 is 0. The third-order valence-electron chi connectivity index (χ3n) is 4.08. The van der Waals surface area contributed by atoms with Crippen LogP contribution in [-0.2, 0) is 18.1 Å². The first-order valence-corrected chi connectivity index (χ1v) is 7.70. The Balaban J connectivity index is 1.85. The largest absolute Gasteiger partial charge is 0.483 e. The van der Waals surface area contributed by atoms with Gasteiger partial charge >= 0.3 is 7.82 Å². The molecule has 0 spiro atoms. The summed E-state index contributed by atoms with van der Waals surface area (Å²) in [5, 5.41) is 30.6. The van der Waals surface area contributed by atoms with Gasteiger partial charge < -0.3 is 15.3 Å². The molecule has 21 heavy (non-hydrogen) atoms. The maximum Gasteiger partial charge on any atom is 0.483 e. The molecular weight excluding hydrogens is 303 g/mol. The minimum absolute atomic E-state index is 0.172. The van der Waals surface area contributed by atoms with Crippen molar-refractivity contribution in [2.24, 2.45) is 0 Å². The van der Waals surface area contributed by atoms with E-state index in [1.807, 2.05) is 0 Å². The Hall–Kier alpha value is -1.12. The first-order valence-electron chi connectivity index (χ1n) is 6.24. The zero-order valence-electron chi connectivity index (χ0n) is 10.5. The van der Waals surface area contributed by atoms with Crippen LogP contribution in [-0.4, -0.2) is 39.0 Å². The molecular formula is C12H11O8P. The minimum Gasteiger partial charge on any atom is -0.363 e. The van der Waals surface area contributed by atoms with Gasteiger partial charge in [0, 0.05) is 12.0 Å². The van der Waals surface area contributed by atoms with Crippen LogP contribution in [0.15, 0.2) is 24.3 Å². The average Bonchev–Trinajstić information content (AvgIpc) is 2.93. The topological polar surface area (TPSA) is 123 Å². The number of hydrogen-bond donors (Lipinski definition) is 3. The molecule has 5 atom stereocenters. The van der Waals surface area contributed by atoms with E-state index in [1.165, 1.54) is 0 Å². The van der Waals surface area contributed by atoms with E-state index in [0.29, 0.717) is 11.1 Å². The van der Waals surface area contributed by atoms with Gasteiger partial charge in [-0.3, -0.25) is 9.32 Å². The highest BCUT2D eigenvalue weighted by atomic mass is 31.2. The molecule has 5 unspecified atom stereocenters. The maximum absolute atomic E-state index is 12.0. The fraction of sp³-hybridized carbons (Fsp3) is 0.417. The predicted molar refractivity (Wildman–Crippen MR) is 64.9 cm³/mol. The van der Waals surface area contributed by atoms with E-state index in [2.05, 4.69) is 4.52 Å². The molecule has 2 fully saturated rings. The van der Waals surface area contributed by atoms with Crippen LogP contribution >= 0.6 is 7.82 Å². The number of carbonyl (C=O) groups excluding carboxylic acids is 1. The van der Waals surface area contributed by atoms with Crippen LogP contribution in [0.1, 0.15) is 28.3 Å². The molecule has 2 bridgehead atoms. The molecule has 8 nitrogen and oxygen atoms in total. The number of hydrogen-bond acceptors (Lipinski definition) is 8. The monoisotopic (exact) mass is 314 g/mol. The Morgan fingerprint density at radius 2 is 1.86 bits per heavy atom. The predicted octanol–water partition coefficient (Wildman–Crippen LogP) is 0.237. The van der Waals surface area contributed by atoms with Crippen LogP contribution < -0.4 is 0 Å². The first-order chi connectivity index (χ1) is 9.79. The first kappa shape index (κ1) is 13.5. The van der Waals surface area contributed by atoms with E-state index in [1.54, 1.807) is 24.3 Å². The molecule has 2 saturated heterocycles. The number of carbonyl (C=O) groups is 1. The van der Waals surface area contributed by atoms with Gasteiger partial charge in [0.15, 0.2) is 5.78 Å². The van der Waals surface area contributed by atoms with Crippen molar-refractivity contribution in [2.75, 3.05) is 0 Å². The SMILES string of the molecule is O=C1CC(C2(O)OP3(=O)OC(O)C2(O)O3)c2ccccc21. The highest BCUT2D eigenvalue weighted by Crippen LogP contribution is 2.73. The molecule has 4 rings (SSSR count). The Labute approximate surface area is 118 Å². The lowest BCUT2D eigenvalue weighted by Crippen LogP contribution is -2.62. The van der Waals surface area contributed by atoms with E-state index in [4.69, 9.17) is 9.05 Å². The number of phosphoric acid groups is 1. The lowest BCUT2D eigenvalue weighted by Gasteiger charge is -2.39. The minimum atomic E-state index is -4.27. The summed E-state index contributed by atoms with van der Waals surface area (Å²) in [4.78, 5) is 12.0. The van der Waals surface area contributed by atoms with E-state index in [-0.39, 0.29) is 12.2 Å². The van der Waals surface area contributed by atoms with Crippen molar-refractivity contribution in [1.82, 2.24) is 0 Å². The Kier molecular flexibility index (Phi) is 2.45. The average molecular weight is 314 g/mol. The Bertz CT molecular complexity index is 704. The molecule has 2 aliphatic heterocycles. The normalized spacial score (nSPS) is 47.9. The summed E-state index contributed by atoms with van der Waals surface area (Å²) in [6.07, 6.45) is -2.21. The summed E-state index contributed by atoms with van der Waals surface area (Å²) in [5.41, 5.74) is 0.800. The lowest BCUT2D eigenvalue weighted by molar-refractivity contribution is -0.362. The molecule has 3 aliphatic rings. The van der Waals surface area contributed by atoms with Crippen molar-refractivity contribution in [3.05, 3.63) is 35.4 Å². The van der Waals surface area contributed by atoms with Crippen LogP contribution in [0.2, 0.25) is 0 Å². The molecule has 0 aromatic heterocycles. The van der Waals surface area contributed by atoms with Crippen molar-refractivity contribution in [2.45, 2.75) is 30.2 Å². The van der Waals surface area contributed by atoms with Gasteiger partial charge in [-0.05, 0) is 5.56 Å². The highest BCUT2D eigenvalue weighted by molar-refractivity contribution is 7.49. The van der Waals surface area contributed by atoms with E-state index in [0.717, 1.165) is 0 Å². The van der Waals surface area contributed by atoms with Crippen molar-refractivity contribution >= 4 is 13.6 Å². The number of Topliss-reactive ketones (excluding diaryl/α,β-unsaturated/α-hetero) is 1. The highest BCUT2D eigenvalue weighted by Gasteiger charge is 2.79. The van der Waals surface area contributed by atoms with Gasteiger partial charge in [-0.15, -0.1) is 0 Å². The smallest absolute Gasteiger partial charge is 0.363 e. The zero-order valence-corrected chi connectivity index (χ0v) is 11.4. The summed E-state index contributed by atoms with van der Waals surface area (Å²) in [6.45, 7) is 0. The molecule has 3 N–H and O–H groups in total. The number of phosphoric ester groups is 1. The molecule has 1 aromatic rings. The van der Waals surface area contributed by atoms with E-state index in [9.17, 15) is 24.7 Å². The standard InChI is InChI=1S/C12H11O8P/c13-9-5-8(6-3-1-2-4-7(6)9)11(15)12(16)10(14)18-21(17,19-11)20-12/h1-4,8,10,14-16H,5H2. The number of aliphatic hydroxyl groups excluding tert-OH is 1. The Morgan fingerprint density at radius 3 is 2.52 bits per heavy atom. The lowest BCUT2D eigenvalue weighted by atomic mass is 9.86. The molecule has 0 amide bonds. The van der Waals surface area contributed by atoms with Crippen molar-refractivity contribution in [1.29, 1.82) is 0 Å². The summed E-state index contributed by atoms with van der Waals surface area (Å²) < 4.78 is 26.1. The summed E-state index contributed by atoms with van der Waals surface area (Å²) in [7, 11) is -4.27. The second-order valence-electron chi connectivity index (χ2n) is 5.25. The van der Waals surface area contributed by atoms with Crippen LogP contribution in [0.25, 0.3) is 0 Å². The number of benzene rings is 1. The number of ketones is 1. The van der Waals surface area contributed by atoms with Crippen molar-refractivity contribution in [3.63, 3.8) is 0 Å². The van der Waals surface area contributed by atoms with Crippen LogP contribution in [0.5, 0.6) is 0 Å². The molecule has 112 valence electrons. The van der Waals surface area contributed by atoms with Crippen LogP contribution in [0, 0.1) is 0 Å². The van der Waals surface area contributed by atoms with Gasteiger partial charge in [0.1, 0.15) is 0 Å². The van der Waals surface area contributed by atoms with Gasteiger partial charge in [-0.2, -0.15) is 0 Å². The van der Waals surface area contributed by atoms with Gasteiger partial charge in [0.2, 0.25) is 12.1 Å². The fourth-order valence-corrected chi connectivity index (χ4v) is 4.74. The quantitative estimate of drug-likeness (QED) is 0.630. The number of rotatable bonds is 1. The van der Waals surface area contributed by atoms with Crippen molar-refractivity contribution < 1.29 is 38.3 Å². The molecule has 0 saturated carbocycles. The molecule has 9 heteroatoms.